The molecule has 1 aliphatic rings. The lowest BCUT2D eigenvalue weighted by molar-refractivity contribution is -0.102. The van der Waals surface area contributed by atoms with Gasteiger partial charge < -0.3 is 9.47 Å². The van der Waals surface area contributed by atoms with Gasteiger partial charge in [-0.15, -0.1) is 0 Å². The highest BCUT2D eigenvalue weighted by atomic mass is 16.5. The number of nitrogens with zero attached hydrogens (tertiary/aromatic N) is 1. The maximum atomic E-state index is 8.92. The number of rotatable bonds is 6. The van der Waals surface area contributed by atoms with E-state index in [4.69, 9.17) is 14.7 Å². The van der Waals surface area contributed by atoms with Gasteiger partial charge in [0.1, 0.15) is 0 Å². The van der Waals surface area contributed by atoms with Crippen molar-refractivity contribution in [2.45, 2.75) is 78.1 Å². The third kappa shape index (κ3) is 5.84. The van der Waals surface area contributed by atoms with Gasteiger partial charge >= 0.3 is 0 Å². The molecule has 0 bridgehead atoms. The second-order valence-electron chi connectivity index (χ2n) is 6.17. The molecule has 0 aromatic carbocycles. The number of hydrogen-bond donors (Lipinski definition) is 0. The van der Waals surface area contributed by atoms with Gasteiger partial charge in [-0.3, -0.25) is 0 Å². The predicted octanol–water partition coefficient (Wildman–Crippen LogP) is 3.68. The minimum absolute atomic E-state index is 0.193. The summed E-state index contributed by atoms with van der Waals surface area (Å²) in [5.74, 6) is 0. The van der Waals surface area contributed by atoms with Crippen LogP contribution in [0.1, 0.15) is 59.8 Å². The molecule has 18 heavy (non-hydrogen) atoms. The minimum atomic E-state index is -0.193. The molecule has 0 aliphatic carbocycles. The summed E-state index contributed by atoms with van der Waals surface area (Å²) in [6.45, 7) is 9.03. The average molecular weight is 253 g/mol. The minimum Gasteiger partial charge on any atom is -0.378 e. The largest absolute Gasteiger partial charge is 0.378 e. The van der Waals surface area contributed by atoms with Gasteiger partial charge in [-0.2, -0.15) is 5.26 Å². The Hall–Kier alpha value is -0.590. The Morgan fingerprint density at radius 2 is 1.83 bits per heavy atom. The molecule has 2 atom stereocenters. The summed E-state index contributed by atoms with van der Waals surface area (Å²) in [7, 11) is 0. The molecule has 1 rings (SSSR count). The van der Waals surface area contributed by atoms with Gasteiger partial charge in [0.25, 0.3) is 0 Å². The van der Waals surface area contributed by atoms with E-state index in [1.165, 1.54) is 0 Å². The van der Waals surface area contributed by atoms with Gasteiger partial charge in [0.2, 0.25) is 0 Å². The van der Waals surface area contributed by atoms with Crippen LogP contribution in [-0.2, 0) is 9.47 Å². The van der Waals surface area contributed by atoms with Crippen molar-refractivity contribution in [3.63, 3.8) is 0 Å². The fourth-order valence-corrected chi connectivity index (χ4v) is 2.46. The van der Waals surface area contributed by atoms with Crippen LogP contribution in [0.3, 0.4) is 0 Å². The van der Waals surface area contributed by atoms with Crippen LogP contribution in [0.5, 0.6) is 0 Å². The number of ether oxygens (including phenoxy) is 2. The lowest BCUT2D eigenvalue weighted by Crippen LogP contribution is -2.34. The van der Waals surface area contributed by atoms with Crippen molar-refractivity contribution >= 4 is 0 Å². The lowest BCUT2D eigenvalue weighted by Gasteiger charge is -2.32. The van der Waals surface area contributed by atoms with Crippen molar-refractivity contribution in [3.05, 3.63) is 0 Å². The summed E-state index contributed by atoms with van der Waals surface area (Å²) >= 11 is 0. The first-order chi connectivity index (χ1) is 8.43. The Morgan fingerprint density at radius 1 is 1.22 bits per heavy atom. The first-order valence-electron chi connectivity index (χ1n) is 7.11. The van der Waals surface area contributed by atoms with Gasteiger partial charge in [0, 0.05) is 6.61 Å². The van der Waals surface area contributed by atoms with E-state index in [-0.39, 0.29) is 5.41 Å². The van der Waals surface area contributed by atoms with Crippen molar-refractivity contribution in [2.75, 3.05) is 6.61 Å². The zero-order valence-corrected chi connectivity index (χ0v) is 12.2. The molecule has 0 amide bonds. The Labute approximate surface area is 111 Å². The molecule has 1 aliphatic heterocycles. The quantitative estimate of drug-likeness (QED) is 0.678. The van der Waals surface area contributed by atoms with Crippen molar-refractivity contribution in [3.8, 4) is 6.07 Å². The van der Waals surface area contributed by atoms with E-state index >= 15 is 0 Å². The van der Waals surface area contributed by atoms with Crippen LogP contribution in [0.2, 0.25) is 0 Å². The lowest BCUT2D eigenvalue weighted by atomic mass is 9.89. The smallest absolute Gasteiger partial charge is 0.0683 e. The molecule has 3 heteroatoms. The van der Waals surface area contributed by atoms with Crippen molar-refractivity contribution in [1.29, 1.82) is 5.26 Å². The van der Waals surface area contributed by atoms with Crippen LogP contribution in [0.4, 0.5) is 0 Å². The molecule has 0 spiro atoms. The van der Waals surface area contributed by atoms with E-state index in [9.17, 15) is 0 Å². The second-order valence-corrected chi connectivity index (χ2v) is 6.17. The molecule has 0 saturated carbocycles. The monoisotopic (exact) mass is 253 g/mol. The molecule has 3 nitrogen and oxygen atoms in total. The third-order valence-electron chi connectivity index (χ3n) is 3.51. The highest BCUT2D eigenvalue weighted by molar-refractivity contribution is 4.91. The third-order valence-corrected chi connectivity index (χ3v) is 3.51. The van der Waals surface area contributed by atoms with Gasteiger partial charge in [0.15, 0.2) is 0 Å². The second kappa shape index (κ2) is 7.11. The van der Waals surface area contributed by atoms with Crippen molar-refractivity contribution < 1.29 is 9.47 Å². The standard InChI is InChI=1S/C15H27NO2/c1-12-9-14(10-13(2)18-12)17-8-6-5-7-15(3,4)11-16/h12-14H,5-10H2,1-4H3. The number of hydrogen-bond acceptors (Lipinski definition) is 3. The summed E-state index contributed by atoms with van der Waals surface area (Å²) in [5, 5.41) is 8.92. The zero-order chi connectivity index (χ0) is 13.6. The molecule has 0 radical (unpaired) electrons. The summed E-state index contributed by atoms with van der Waals surface area (Å²) in [6, 6.07) is 2.34. The van der Waals surface area contributed by atoms with Gasteiger partial charge in [0.05, 0.1) is 29.8 Å². The normalized spacial score (nSPS) is 28.9. The van der Waals surface area contributed by atoms with E-state index in [1.54, 1.807) is 0 Å². The number of unbranched alkanes of at least 4 members (excludes halogenated alkanes) is 1. The fraction of sp³-hybridized carbons (Fsp3) is 0.933. The van der Waals surface area contributed by atoms with Crippen LogP contribution in [0.15, 0.2) is 0 Å². The molecule has 1 heterocycles. The van der Waals surface area contributed by atoms with Gasteiger partial charge in [-0.25, -0.2) is 0 Å². The van der Waals surface area contributed by atoms with Crippen LogP contribution in [-0.4, -0.2) is 24.9 Å². The molecule has 0 aromatic rings. The van der Waals surface area contributed by atoms with Gasteiger partial charge in [-0.05, 0) is 59.8 Å². The summed E-state index contributed by atoms with van der Waals surface area (Å²) < 4.78 is 11.6. The molecule has 2 unspecified atom stereocenters. The van der Waals surface area contributed by atoms with E-state index < -0.39 is 0 Å². The summed E-state index contributed by atoms with van der Waals surface area (Å²) in [6.07, 6.45) is 6.07. The summed E-state index contributed by atoms with van der Waals surface area (Å²) in [4.78, 5) is 0. The molecule has 1 saturated heterocycles. The number of nitriles is 1. The first-order valence-corrected chi connectivity index (χ1v) is 7.11. The average Bonchev–Trinajstić information content (AvgIpc) is 2.27. The predicted molar refractivity (Wildman–Crippen MR) is 72.2 cm³/mol. The van der Waals surface area contributed by atoms with Crippen LogP contribution >= 0.6 is 0 Å². The van der Waals surface area contributed by atoms with Gasteiger partial charge in [-0.1, -0.05) is 0 Å². The first kappa shape index (κ1) is 15.5. The van der Waals surface area contributed by atoms with Crippen LogP contribution < -0.4 is 0 Å². The molecule has 0 aromatic heterocycles. The van der Waals surface area contributed by atoms with E-state index in [0.717, 1.165) is 38.7 Å². The maximum Gasteiger partial charge on any atom is 0.0683 e. The highest BCUT2D eigenvalue weighted by Crippen LogP contribution is 2.23. The van der Waals surface area contributed by atoms with E-state index in [2.05, 4.69) is 19.9 Å². The maximum absolute atomic E-state index is 8.92. The zero-order valence-electron chi connectivity index (χ0n) is 12.2. The Morgan fingerprint density at radius 3 is 2.39 bits per heavy atom. The molecule has 1 fully saturated rings. The van der Waals surface area contributed by atoms with E-state index in [0.29, 0.717) is 18.3 Å². The molecule has 104 valence electrons. The molecular weight excluding hydrogens is 226 g/mol. The van der Waals surface area contributed by atoms with Crippen LogP contribution in [0, 0.1) is 16.7 Å². The van der Waals surface area contributed by atoms with E-state index in [1.807, 2.05) is 13.8 Å². The Balaban J connectivity index is 2.09. The Bertz CT molecular complexity index is 273. The topological polar surface area (TPSA) is 42.2 Å². The van der Waals surface area contributed by atoms with Crippen molar-refractivity contribution in [2.24, 2.45) is 5.41 Å². The SMILES string of the molecule is CC1CC(OCCCCC(C)(C)C#N)CC(C)O1. The molecular formula is C15H27NO2. The summed E-state index contributed by atoms with van der Waals surface area (Å²) in [5.41, 5.74) is -0.193. The highest BCUT2D eigenvalue weighted by Gasteiger charge is 2.24. The fourth-order valence-electron chi connectivity index (χ4n) is 2.46. The molecule has 0 N–H and O–H groups in total. The van der Waals surface area contributed by atoms with Crippen LogP contribution in [0.25, 0.3) is 0 Å². The van der Waals surface area contributed by atoms with Crippen molar-refractivity contribution in [1.82, 2.24) is 0 Å². The Kier molecular flexibility index (Phi) is 6.11.